The van der Waals surface area contributed by atoms with Crippen molar-refractivity contribution < 1.29 is 23.5 Å². The van der Waals surface area contributed by atoms with E-state index in [0.29, 0.717) is 18.7 Å². The summed E-state index contributed by atoms with van der Waals surface area (Å²) in [6.07, 6.45) is 4.18. The second kappa shape index (κ2) is 7.39. The van der Waals surface area contributed by atoms with Crippen molar-refractivity contribution in [1.82, 2.24) is 4.90 Å². The maximum atomic E-state index is 12.5. The number of rotatable bonds is 3. The van der Waals surface area contributed by atoms with Crippen LogP contribution in [0.5, 0.6) is 0 Å². The molecule has 2 heterocycles. The molecule has 7 heteroatoms. The molecule has 1 aromatic rings. The first-order valence-corrected chi connectivity index (χ1v) is 8.67. The Balaban J connectivity index is 1.64. The SMILES string of the molecule is Cc1cc(=O)oc(C)c1C(=O)OCC(=O)N1CCOC2CCCCC21. The Morgan fingerprint density at radius 1 is 1.28 bits per heavy atom. The minimum Gasteiger partial charge on any atom is -0.452 e. The molecule has 0 bridgehead atoms. The maximum absolute atomic E-state index is 12.5. The highest BCUT2D eigenvalue weighted by Gasteiger charge is 2.36. The lowest BCUT2D eigenvalue weighted by molar-refractivity contribution is -0.152. The van der Waals surface area contributed by atoms with Gasteiger partial charge in [0.05, 0.1) is 18.8 Å². The number of morpholine rings is 1. The van der Waals surface area contributed by atoms with E-state index in [1.165, 1.54) is 13.0 Å². The molecule has 2 atom stereocenters. The number of carbonyl (C=O) groups excluding carboxylic acids is 2. The van der Waals surface area contributed by atoms with Crippen molar-refractivity contribution in [1.29, 1.82) is 0 Å². The van der Waals surface area contributed by atoms with Crippen molar-refractivity contribution in [3.8, 4) is 0 Å². The Kier molecular flexibility index (Phi) is 5.22. The molecule has 2 fully saturated rings. The topological polar surface area (TPSA) is 86.1 Å². The molecule has 1 aromatic heterocycles. The summed E-state index contributed by atoms with van der Waals surface area (Å²) < 4.78 is 15.9. The molecule has 3 rings (SSSR count). The number of amides is 1. The molecule has 1 saturated heterocycles. The molecule has 7 nitrogen and oxygen atoms in total. The summed E-state index contributed by atoms with van der Waals surface area (Å²) in [6, 6.07) is 1.31. The van der Waals surface area contributed by atoms with Gasteiger partial charge >= 0.3 is 11.6 Å². The van der Waals surface area contributed by atoms with E-state index in [-0.39, 0.29) is 36.0 Å². The Morgan fingerprint density at radius 2 is 2.04 bits per heavy atom. The highest BCUT2D eigenvalue weighted by Crippen LogP contribution is 2.28. The molecule has 0 spiro atoms. The van der Waals surface area contributed by atoms with Crippen molar-refractivity contribution in [3.05, 3.63) is 33.4 Å². The molecule has 25 heavy (non-hydrogen) atoms. The van der Waals surface area contributed by atoms with Crippen LogP contribution in [0.4, 0.5) is 0 Å². The molecule has 2 unspecified atom stereocenters. The van der Waals surface area contributed by atoms with Crippen LogP contribution in [0.1, 0.15) is 47.4 Å². The van der Waals surface area contributed by atoms with Gasteiger partial charge in [0.25, 0.3) is 5.91 Å². The molecule has 0 N–H and O–H groups in total. The number of esters is 1. The summed E-state index contributed by atoms with van der Waals surface area (Å²) in [4.78, 5) is 37.9. The fraction of sp³-hybridized carbons (Fsp3) is 0.611. The quantitative estimate of drug-likeness (QED) is 0.770. The summed E-state index contributed by atoms with van der Waals surface area (Å²) >= 11 is 0. The summed E-state index contributed by atoms with van der Waals surface area (Å²) in [6.45, 7) is 3.89. The normalized spacial score (nSPS) is 23.0. The van der Waals surface area contributed by atoms with E-state index in [0.717, 1.165) is 25.7 Å². The first kappa shape index (κ1) is 17.7. The average Bonchev–Trinajstić information content (AvgIpc) is 2.58. The van der Waals surface area contributed by atoms with Crippen molar-refractivity contribution >= 4 is 11.9 Å². The van der Waals surface area contributed by atoms with E-state index >= 15 is 0 Å². The lowest BCUT2D eigenvalue weighted by atomic mass is 9.90. The van der Waals surface area contributed by atoms with Crippen molar-refractivity contribution in [2.75, 3.05) is 19.8 Å². The summed E-state index contributed by atoms with van der Waals surface area (Å²) in [5.74, 6) is -0.664. The van der Waals surface area contributed by atoms with Crippen LogP contribution in [-0.2, 0) is 14.3 Å². The van der Waals surface area contributed by atoms with Crippen LogP contribution in [0.3, 0.4) is 0 Å². The molecule has 0 aromatic carbocycles. The lowest BCUT2D eigenvalue weighted by Gasteiger charge is -2.43. The van der Waals surface area contributed by atoms with E-state index in [1.807, 2.05) is 0 Å². The van der Waals surface area contributed by atoms with Crippen molar-refractivity contribution in [2.45, 2.75) is 51.7 Å². The molecular formula is C18H23NO6. The van der Waals surface area contributed by atoms with Gasteiger partial charge in [-0.1, -0.05) is 12.8 Å². The first-order valence-electron chi connectivity index (χ1n) is 8.67. The third-order valence-electron chi connectivity index (χ3n) is 4.92. The first-order chi connectivity index (χ1) is 12.0. The standard InChI is InChI=1S/C18H23NO6/c1-11-9-16(21)25-12(2)17(11)18(22)24-10-15(20)19-7-8-23-14-6-4-3-5-13(14)19/h9,13-14H,3-8,10H2,1-2H3. The van der Waals surface area contributed by atoms with Gasteiger partial charge in [0, 0.05) is 12.6 Å². The van der Waals surface area contributed by atoms with Crippen LogP contribution in [0, 0.1) is 13.8 Å². The lowest BCUT2D eigenvalue weighted by Crippen LogP contribution is -2.55. The van der Waals surface area contributed by atoms with Crippen LogP contribution >= 0.6 is 0 Å². The van der Waals surface area contributed by atoms with E-state index in [1.54, 1.807) is 11.8 Å². The Bertz CT molecular complexity index is 697. The zero-order chi connectivity index (χ0) is 18.0. The molecule has 1 aliphatic carbocycles. The molecule has 136 valence electrons. The smallest absolute Gasteiger partial charge is 0.342 e. The number of ether oxygens (including phenoxy) is 2. The van der Waals surface area contributed by atoms with Gasteiger partial charge < -0.3 is 18.8 Å². The summed E-state index contributed by atoms with van der Waals surface area (Å²) in [5, 5.41) is 0. The molecule has 1 saturated carbocycles. The zero-order valence-electron chi connectivity index (χ0n) is 14.6. The highest BCUT2D eigenvalue weighted by atomic mass is 16.5. The van der Waals surface area contributed by atoms with Crippen molar-refractivity contribution in [2.24, 2.45) is 0 Å². The number of carbonyl (C=O) groups is 2. The third-order valence-corrected chi connectivity index (χ3v) is 4.92. The van der Waals surface area contributed by atoms with E-state index in [2.05, 4.69) is 0 Å². The molecule has 1 amide bonds. The molecule has 1 aliphatic heterocycles. The Morgan fingerprint density at radius 3 is 2.80 bits per heavy atom. The largest absolute Gasteiger partial charge is 0.452 e. The number of aryl methyl sites for hydroxylation is 2. The number of hydrogen-bond acceptors (Lipinski definition) is 6. The summed E-state index contributed by atoms with van der Waals surface area (Å²) in [5.41, 5.74) is 0.161. The van der Waals surface area contributed by atoms with Gasteiger partial charge in [-0.25, -0.2) is 9.59 Å². The van der Waals surface area contributed by atoms with Gasteiger partial charge in [0.2, 0.25) is 0 Å². The van der Waals surface area contributed by atoms with E-state index < -0.39 is 11.6 Å². The molecule has 2 aliphatic rings. The molecular weight excluding hydrogens is 326 g/mol. The minimum atomic E-state index is -0.652. The van der Waals surface area contributed by atoms with Crippen LogP contribution < -0.4 is 5.63 Å². The monoisotopic (exact) mass is 349 g/mol. The predicted octanol–water partition coefficient (Wildman–Crippen LogP) is 1.58. The number of fused-ring (bicyclic) bond motifs is 1. The van der Waals surface area contributed by atoms with E-state index in [4.69, 9.17) is 13.9 Å². The van der Waals surface area contributed by atoms with Gasteiger partial charge in [-0.2, -0.15) is 0 Å². The summed E-state index contributed by atoms with van der Waals surface area (Å²) in [7, 11) is 0. The second-order valence-electron chi connectivity index (χ2n) is 6.60. The van der Waals surface area contributed by atoms with Crippen LogP contribution in [0.25, 0.3) is 0 Å². The fourth-order valence-electron chi connectivity index (χ4n) is 3.75. The van der Waals surface area contributed by atoms with Crippen LogP contribution in [-0.4, -0.2) is 48.7 Å². The molecule has 0 radical (unpaired) electrons. The number of hydrogen-bond donors (Lipinski definition) is 0. The second-order valence-corrected chi connectivity index (χ2v) is 6.60. The van der Waals surface area contributed by atoms with Crippen LogP contribution in [0.15, 0.2) is 15.3 Å². The fourth-order valence-corrected chi connectivity index (χ4v) is 3.75. The van der Waals surface area contributed by atoms with Gasteiger partial charge in [-0.15, -0.1) is 0 Å². The van der Waals surface area contributed by atoms with Gasteiger partial charge in [0.15, 0.2) is 6.61 Å². The Labute approximate surface area is 145 Å². The van der Waals surface area contributed by atoms with Gasteiger partial charge in [-0.3, -0.25) is 4.79 Å². The highest BCUT2D eigenvalue weighted by molar-refractivity contribution is 5.93. The number of nitrogens with zero attached hydrogens (tertiary/aromatic N) is 1. The predicted molar refractivity (Wildman–Crippen MR) is 88.4 cm³/mol. The average molecular weight is 349 g/mol. The van der Waals surface area contributed by atoms with E-state index in [9.17, 15) is 14.4 Å². The minimum absolute atomic E-state index is 0.0759. The van der Waals surface area contributed by atoms with Gasteiger partial charge in [-0.05, 0) is 32.3 Å². The van der Waals surface area contributed by atoms with Gasteiger partial charge in [0.1, 0.15) is 11.3 Å². The van der Waals surface area contributed by atoms with Crippen LogP contribution in [0.2, 0.25) is 0 Å². The Hall–Kier alpha value is -2.15. The third kappa shape index (κ3) is 3.76. The van der Waals surface area contributed by atoms with Crippen molar-refractivity contribution in [3.63, 3.8) is 0 Å². The maximum Gasteiger partial charge on any atom is 0.342 e. The zero-order valence-corrected chi connectivity index (χ0v) is 14.6.